The molecule has 32 heavy (non-hydrogen) atoms. The maximum absolute atomic E-state index is 9.24. The van der Waals surface area contributed by atoms with Gasteiger partial charge < -0.3 is 0 Å². The van der Waals surface area contributed by atoms with Gasteiger partial charge in [-0.2, -0.15) is 5.26 Å². The average Bonchev–Trinajstić information content (AvgIpc) is 2.88. The van der Waals surface area contributed by atoms with Crippen molar-refractivity contribution in [1.82, 2.24) is 0 Å². The van der Waals surface area contributed by atoms with Crippen molar-refractivity contribution in [3.05, 3.63) is 139 Å². The molecule has 0 bridgehead atoms. The first-order chi connectivity index (χ1) is 15.8. The molecule has 0 N–H and O–H groups in total. The van der Waals surface area contributed by atoms with Crippen molar-refractivity contribution < 1.29 is 0 Å². The van der Waals surface area contributed by atoms with E-state index in [0.717, 1.165) is 11.5 Å². The smallest absolute Gasteiger partial charge is 0.116 e. The summed E-state index contributed by atoms with van der Waals surface area (Å²) in [4.78, 5) is 0. The lowest BCUT2D eigenvalue weighted by molar-refractivity contribution is 1.41. The zero-order valence-corrected chi connectivity index (χ0v) is 18.6. The van der Waals surface area contributed by atoms with Gasteiger partial charge in [-0.1, -0.05) is 72.8 Å². The first-order valence-electron chi connectivity index (χ1n) is 10.8. The van der Waals surface area contributed by atoms with E-state index in [1.54, 1.807) is 0 Å². The number of hydrogen-bond donors (Lipinski definition) is 0. The van der Waals surface area contributed by atoms with E-state index in [1.165, 1.54) is 26.9 Å². The number of benzene rings is 5. The fourth-order valence-corrected chi connectivity index (χ4v) is 8.74. The lowest BCUT2D eigenvalue weighted by Crippen LogP contribution is -2.32. The molecule has 0 saturated heterocycles. The molecular weight excluding hydrogens is 405 g/mol. The molecule has 1 nitrogen and oxygen atoms in total. The zero-order chi connectivity index (χ0) is 21.8. The molecular formula is C30H23NP+. The van der Waals surface area contributed by atoms with Crippen LogP contribution in [0, 0.1) is 11.3 Å². The van der Waals surface area contributed by atoms with Crippen LogP contribution in [0.15, 0.2) is 127 Å². The van der Waals surface area contributed by atoms with E-state index in [4.69, 9.17) is 0 Å². The average molecular weight is 428 g/mol. The molecule has 0 saturated carbocycles. The van der Waals surface area contributed by atoms with E-state index in [-0.39, 0.29) is 0 Å². The van der Waals surface area contributed by atoms with Gasteiger partial charge in [-0.25, -0.2) is 0 Å². The molecule has 0 unspecified atom stereocenters. The van der Waals surface area contributed by atoms with E-state index in [2.05, 4.69) is 121 Å². The molecule has 5 rings (SSSR count). The second kappa shape index (κ2) is 8.80. The molecule has 0 aromatic heterocycles. The second-order valence-electron chi connectivity index (χ2n) is 7.98. The van der Waals surface area contributed by atoms with E-state index in [0.29, 0.717) is 5.56 Å². The molecule has 0 radical (unpaired) electrons. The quantitative estimate of drug-likeness (QED) is 0.306. The summed E-state index contributed by atoms with van der Waals surface area (Å²) >= 11 is 0. The maximum atomic E-state index is 9.24. The van der Waals surface area contributed by atoms with Crippen LogP contribution in [0.1, 0.15) is 11.1 Å². The number of nitrogens with zero attached hydrogens (tertiary/aromatic N) is 1. The predicted octanol–water partition coefficient (Wildman–Crippen LogP) is 6.21. The van der Waals surface area contributed by atoms with Gasteiger partial charge in [0.15, 0.2) is 0 Å². The van der Waals surface area contributed by atoms with Crippen LogP contribution < -0.4 is 15.9 Å². The third-order valence-corrected chi connectivity index (χ3v) is 10.4. The van der Waals surface area contributed by atoms with E-state index < -0.39 is 7.26 Å². The molecule has 0 aliphatic carbocycles. The SMILES string of the molecule is N#Cc1ccc2cc(C[P+](c3ccccc3)(c3ccccc3)c3ccccc3)ccc2c1. The van der Waals surface area contributed by atoms with Gasteiger partial charge in [-0.05, 0) is 70.9 Å². The first kappa shape index (κ1) is 20.2. The minimum absolute atomic E-state index is 0.699. The van der Waals surface area contributed by atoms with Crippen LogP contribution in [0.25, 0.3) is 10.8 Å². The molecule has 152 valence electrons. The summed E-state index contributed by atoms with van der Waals surface area (Å²) in [5.41, 5.74) is 2.01. The monoisotopic (exact) mass is 428 g/mol. The Bertz CT molecular complexity index is 1290. The molecule has 0 aliphatic heterocycles. The Morgan fingerprint density at radius 2 is 1.00 bits per heavy atom. The predicted molar refractivity (Wildman–Crippen MR) is 138 cm³/mol. The van der Waals surface area contributed by atoms with Crippen molar-refractivity contribution in [2.45, 2.75) is 6.16 Å². The summed E-state index contributed by atoms with van der Waals surface area (Å²) in [7, 11) is -1.92. The molecule has 0 aliphatic rings. The van der Waals surface area contributed by atoms with Crippen molar-refractivity contribution in [3.63, 3.8) is 0 Å². The molecule has 0 spiro atoms. The summed E-state index contributed by atoms with van der Waals surface area (Å²) in [6.45, 7) is 0. The third kappa shape index (κ3) is 3.71. The van der Waals surface area contributed by atoms with Gasteiger partial charge in [0.2, 0.25) is 0 Å². The van der Waals surface area contributed by atoms with Crippen LogP contribution in [0.2, 0.25) is 0 Å². The number of fused-ring (bicyclic) bond motifs is 1. The zero-order valence-electron chi connectivity index (χ0n) is 17.7. The Morgan fingerprint density at radius 1 is 0.531 bits per heavy atom. The van der Waals surface area contributed by atoms with Crippen molar-refractivity contribution in [2.75, 3.05) is 0 Å². The highest BCUT2D eigenvalue weighted by Gasteiger charge is 2.45. The van der Waals surface area contributed by atoms with Gasteiger partial charge in [-0.15, -0.1) is 0 Å². The van der Waals surface area contributed by atoms with Crippen LogP contribution in [0.3, 0.4) is 0 Å². The first-order valence-corrected chi connectivity index (χ1v) is 12.7. The van der Waals surface area contributed by atoms with Gasteiger partial charge >= 0.3 is 0 Å². The Balaban J connectivity index is 1.73. The van der Waals surface area contributed by atoms with Crippen molar-refractivity contribution >= 4 is 33.9 Å². The van der Waals surface area contributed by atoms with Crippen LogP contribution >= 0.6 is 7.26 Å². The summed E-state index contributed by atoms with van der Waals surface area (Å²) in [5.74, 6) is 0. The van der Waals surface area contributed by atoms with Crippen molar-refractivity contribution in [3.8, 4) is 6.07 Å². The lowest BCUT2D eigenvalue weighted by Gasteiger charge is -2.28. The molecule has 0 heterocycles. The highest BCUT2D eigenvalue weighted by molar-refractivity contribution is 7.95. The normalized spacial score (nSPS) is 11.2. The van der Waals surface area contributed by atoms with E-state index >= 15 is 0 Å². The van der Waals surface area contributed by atoms with Gasteiger partial charge in [0, 0.05) is 0 Å². The molecule has 0 amide bonds. The second-order valence-corrected chi connectivity index (χ2v) is 11.5. The number of nitriles is 1. The van der Waals surface area contributed by atoms with Gasteiger partial charge in [0.25, 0.3) is 0 Å². The summed E-state index contributed by atoms with van der Waals surface area (Å²) in [5, 5.41) is 15.7. The van der Waals surface area contributed by atoms with Crippen LogP contribution in [0.5, 0.6) is 0 Å². The summed E-state index contributed by atoms with van der Waals surface area (Å²) in [6, 6.07) is 47.8. The highest BCUT2D eigenvalue weighted by atomic mass is 31.2. The van der Waals surface area contributed by atoms with Crippen LogP contribution in [-0.4, -0.2) is 0 Å². The van der Waals surface area contributed by atoms with Gasteiger partial charge in [0.1, 0.15) is 23.2 Å². The molecule has 0 fully saturated rings. The number of hydrogen-bond acceptors (Lipinski definition) is 1. The third-order valence-electron chi connectivity index (χ3n) is 6.04. The summed E-state index contributed by atoms with van der Waals surface area (Å²) in [6.07, 6.45) is 0.945. The van der Waals surface area contributed by atoms with Crippen LogP contribution in [-0.2, 0) is 6.16 Å². The minimum Gasteiger partial charge on any atom is -0.192 e. The summed E-state index contributed by atoms with van der Waals surface area (Å²) < 4.78 is 0. The fraction of sp³-hybridized carbons (Fsp3) is 0.0333. The van der Waals surface area contributed by atoms with Crippen molar-refractivity contribution in [1.29, 1.82) is 5.26 Å². The van der Waals surface area contributed by atoms with Crippen LogP contribution in [0.4, 0.5) is 0 Å². The fourth-order valence-electron chi connectivity index (χ4n) is 4.51. The molecule has 5 aromatic rings. The largest absolute Gasteiger partial charge is 0.192 e. The highest BCUT2D eigenvalue weighted by Crippen LogP contribution is 2.58. The van der Waals surface area contributed by atoms with Crippen molar-refractivity contribution in [2.24, 2.45) is 0 Å². The Hall–Kier alpha value is -3.72. The Morgan fingerprint density at radius 3 is 1.50 bits per heavy atom. The maximum Gasteiger partial charge on any atom is 0.116 e. The molecule has 0 atom stereocenters. The Labute approximate surface area is 189 Å². The van der Waals surface area contributed by atoms with E-state index in [1.807, 2.05) is 12.1 Å². The van der Waals surface area contributed by atoms with Gasteiger partial charge in [-0.3, -0.25) is 0 Å². The Kier molecular flexibility index (Phi) is 5.55. The standard InChI is InChI=1S/C30H23NP/c31-22-24-16-18-27-21-25(17-19-26(27)20-24)23-32(28-10-4-1-5-11-28,29-12-6-2-7-13-29)30-14-8-3-9-15-30/h1-21H,23H2/q+1. The van der Waals surface area contributed by atoms with E-state index in [9.17, 15) is 5.26 Å². The lowest BCUT2D eigenvalue weighted by atomic mass is 10.1. The molecule has 2 heteroatoms. The minimum atomic E-state index is -1.92. The molecule has 5 aromatic carbocycles. The topological polar surface area (TPSA) is 23.8 Å². The van der Waals surface area contributed by atoms with Gasteiger partial charge in [0.05, 0.1) is 17.8 Å². The number of rotatable bonds is 5.